The summed E-state index contributed by atoms with van der Waals surface area (Å²) >= 11 is 12.3. The number of para-hydroxylation sites is 1. The zero-order valence-corrected chi connectivity index (χ0v) is 22.2. The number of carbonyl (C=O) groups excluding carboxylic acids is 2. The number of hydrogen-bond acceptors (Lipinski definition) is 3. The van der Waals surface area contributed by atoms with Crippen molar-refractivity contribution in [2.24, 2.45) is 0 Å². The molecule has 0 radical (unpaired) electrons. The second-order valence-electron chi connectivity index (χ2n) is 8.78. The van der Waals surface area contributed by atoms with Crippen molar-refractivity contribution < 1.29 is 14.3 Å². The molecule has 4 aromatic carbocycles. The molecule has 0 aliphatic heterocycles. The predicted octanol–water partition coefficient (Wildman–Crippen LogP) is 6.33. The maximum absolute atomic E-state index is 13.7. The van der Waals surface area contributed by atoms with Gasteiger partial charge in [-0.1, -0.05) is 108 Å². The van der Waals surface area contributed by atoms with E-state index in [1.165, 1.54) is 0 Å². The number of ether oxygens (including phenoxy) is 1. The molecule has 5 nitrogen and oxygen atoms in total. The lowest BCUT2D eigenvalue weighted by Crippen LogP contribution is -2.51. The first kappa shape index (κ1) is 27.2. The van der Waals surface area contributed by atoms with Crippen molar-refractivity contribution in [3.63, 3.8) is 0 Å². The van der Waals surface area contributed by atoms with Crippen LogP contribution in [0.1, 0.15) is 16.7 Å². The number of rotatable bonds is 11. The largest absolute Gasteiger partial charge is 0.482 e. The molecule has 1 N–H and O–H groups in total. The van der Waals surface area contributed by atoms with Gasteiger partial charge in [-0.2, -0.15) is 0 Å². The normalized spacial score (nSPS) is 11.4. The first-order valence-electron chi connectivity index (χ1n) is 12.3. The fourth-order valence-electron chi connectivity index (χ4n) is 4.03. The third-order valence-electron chi connectivity index (χ3n) is 6.03. The molecule has 38 heavy (non-hydrogen) atoms. The Bertz CT molecular complexity index is 1330. The summed E-state index contributed by atoms with van der Waals surface area (Å²) in [6.45, 7) is 0.288. The Kier molecular flexibility index (Phi) is 9.79. The van der Waals surface area contributed by atoms with Gasteiger partial charge in [-0.15, -0.1) is 0 Å². The van der Waals surface area contributed by atoms with Gasteiger partial charge >= 0.3 is 0 Å². The van der Waals surface area contributed by atoms with Crippen LogP contribution in [-0.2, 0) is 29.1 Å². The molecule has 0 bridgehead atoms. The van der Waals surface area contributed by atoms with Crippen molar-refractivity contribution in [3.8, 4) is 5.75 Å². The molecule has 0 aliphatic carbocycles. The molecule has 0 spiro atoms. The van der Waals surface area contributed by atoms with Crippen LogP contribution in [0.2, 0.25) is 10.0 Å². The van der Waals surface area contributed by atoms with Crippen molar-refractivity contribution in [2.75, 3.05) is 6.61 Å². The van der Waals surface area contributed by atoms with E-state index in [2.05, 4.69) is 5.32 Å². The van der Waals surface area contributed by atoms with Crippen molar-refractivity contribution in [3.05, 3.63) is 136 Å². The molecule has 2 amide bonds. The molecule has 0 aliphatic rings. The van der Waals surface area contributed by atoms with Crippen molar-refractivity contribution in [1.29, 1.82) is 0 Å². The summed E-state index contributed by atoms with van der Waals surface area (Å²) in [6.07, 6.45) is 0.340. The smallest absolute Gasteiger partial charge is 0.261 e. The highest BCUT2D eigenvalue weighted by Crippen LogP contribution is 2.24. The SMILES string of the molecule is O=C(NCc1ccccc1)[C@H](Cc1ccccc1)N(Cc1ccc(Cl)cc1)C(=O)COc1ccccc1Cl. The monoisotopic (exact) mass is 546 g/mol. The van der Waals surface area contributed by atoms with Gasteiger partial charge in [0.15, 0.2) is 6.61 Å². The molecule has 0 unspecified atom stereocenters. The maximum Gasteiger partial charge on any atom is 0.261 e. The van der Waals surface area contributed by atoms with Crippen LogP contribution in [0.5, 0.6) is 5.75 Å². The minimum absolute atomic E-state index is 0.206. The Hall–Kier alpha value is -3.80. The van der Waals surface area contributed by atoms with E-state index in [0.29, 0.717) is 28.8 Å². The highest BCUT2D eigenvalue weighted by atomic mass is 35.5. The zero-order chi connectivity index (χ0) is 26.7. The molecule has 4 rings (SSSR count). The van der Waals surface area contributed by atoms with Crippen LogP contribution < -0.4 is 10.1 Å². The molecule has 194 valence electrons. The van der Waals surface area contributed by atoms with Crippen LogP contribution in [0.4, 0.5) is 0 Å². The molecule has 0 saturated heterocycles. The van der Waals surface area contributed by atoms with Crippen molar-refractivity contribution in [1.82, 2.24) is 10.2 Å². The summed E-state index contributed by atoms with van der Waals surface area (Å²) in [5.41, 5.74) is 2.75. The molecule has 0 heterocycles. The van der Waals surface area contributed by atoms with Gasteiger partial charge in [-0.25, -0.2) is 0 Å². The van der Waals surface area contributed by atoms with Gasteiger partial charge in [0.25, 0.3) is 5.91 Å². The van der Waals surface area contributed by atoms with Gasteiger partial charge in [-0.05, 0) is 41.0 Å². The second-order valence-corrected chi connectivity index (χ2v) is 9.62. The molecule has 0 aromatic heterocycles. The van der Waals surface area contributed by atoms with Gasteiger partial charge in [0.05, 0.1) is 5.02 Å². The van der Waals surface area contributed by atoms with Gasteiger partial charge in [0.2, 0.25) is 5.91 Å². The molecule has 4 aromatic rings. The Labute approximate surface area is 233 Å². The van der Waals surface area contributed by atoms with Crippen LogP contribution in [0.3, 0.4) is 0 Å². The third kappa shape index (κ3) is 7.85. The summed E-state index contributed by atoms with van der Waals surface area (Å²) in [4.78, 5) is 28.9. The molecule has 1 atom stereocenters. The maximum atomic E-state index is 13.7. The van der Waals surface area contributed by atoms with Crippen LogP contribution >= 0.6 is 23.2 Å². The fourth-order valence-corrected chi connectivity index (χ4v) is 4.34. The lowest BCUT2D eigenvalue weighted by molar-refractivity contribution is -0.142. The van der Waals surface area contributed by atoms with E-state index in [1.807, 2.05) is 72.8 Å². The van der Waals surface area contributed by atoms with Crippen LogP contribution in [0, 0.1) is 0 Å². The first-order valence-corrected chi connectivity index (χ1v) is 13.0. The Morgan fingerprint density at radius 1 is 0.737 bits per heavy atom. The van der Waals surface area contributed by atoms with E-state index in [9.17, 15) is 9.59 Å². The highest BCUT2D eigenvalue weighted by Gasteiger charge is 2.30. The molecule has 0 fully saturated rings. The standard InChI is InChI=1S/C31H28Cl2N2O3/c32-26-17-15-25(16-18-26)21-35(30(36)22-38-29-14-8-7-13-27(29)33)28(19-23-9-3-1-4-10-23)31(37)34-20-24-11-5-2-6-12-24/h1-18,28H,19-22H2,(H,34,37)/t28-/m0/s1. The number of halogens is 2. The Balaban J connectivity index is 1.61. The van der Waals surface area contributed by atoms with Crippen molar-refractivity contribution in [2.45, 2.75) is 25.6 Å². The first-order chi connectivity index (χ1) is 18.5. The fraction of sp³-hybridized carbons (Fsp3) is 0.161. The number of benzene rings is 4. The molecule has 7 heteroatoms. The van der Waals surface area contributed by atoms with E-state index >= 15 is 0 Å². The molecular formula is C31H28Cl2N2O3. The van der Waals surface area contributed by atoms with E-state index < -0.39 is 6.04 Å². The number of nitrogens with zero attached hydrogens (tertiary/aromatic N) is 1. The van der Waals surface area contributed by atoms with E-state index in [0.717, 1.165) is 16.7 Å². The minimum Gasteiger partial charge on any atom is -0.482 e. The van der Waals surface area contributed by atoms with Gasteiger partial charge in [0, 0.05) is 24.5 Å². The van der Waals surface area contributed by atoms with E-state index in [4.69, 9.17) is 27.9 Å². The highest BCUT2D eigenvalue weighted by molar-refractivity contribution is 6.32. The zero-order valence-electron chi connectivity index (χ0n) is 20.7. The summed E-state index contributed by atoms with van der Waals surface area (Å²) in [5.74, 6) is -0.185. The quantitative estimate of drug-likeness (QED) is 0.239. The summed E-state index contributed by atoms with van der Waals surface area (Å²) in [7, 11) is 0. The molecule has 0 saturated carbocycles. The van der Waals surface area contributed by atoms with Gasteiger partial charge < -0.3 is 15.0 Å². The van der Waals surface area contributed by atoms with E-state index in [-0.39, 0.29) is 25.0 Å². The molecular weight excluding hydrogens is 519 g/mol. The van der Waals surface area contributed by atoms with Gasteiger partial charge in [-0.3, -0.25) is 9.59 Å². The summed E-state index contributed by atoms with van der Waals surface area (Å²) < 4.78 is 5.77. The van der Waals surface area contributed by atoms with E-state index in [1.54, 1.807) is 41.3 Å². The summed E-state index contributed by atoms with van der Waals surface area (Å²) in [5, 5.41) is 4.02. The van der Waals surface area contributed by atoms with Crippen molar-refractivity contribution >= 4 is 35.0 Å². The Morgan fingerprint density at radius 2 is 1.34 bits per heavy atom. The van der Waals surface area contributed by atoms with Crippen LogP contribution in [-0.4, -0.2) is 29.4 Å². The Morgan fingerprint density at radius 3 is 2.00 bits per heavy atom. The summed E-state index contributed by atoms with van der Waals surface area (Å²) in [6, 6.07) is 32.7. The number of nitrogens with one attached hydrogen (secondary N) is 1. The second kappa shape index (κ2) is 13.7. The number of carbonyl (C=O) groups is 2. The third-order valence-corrected chi connectivity index (χ3v) is 6.60. The lowest BCUT2D eigenvalue weighted by Gasteiger charge is -2.31. The van der Waals surface area contributed by atoms with Crippen LogP contribution in [0.25, 0.3) is 0 Å². The average molecular weight is 547 g/mol. The average Bonchev–Trinajstić information content (AvgIpc) is 2.95. The van der Waals surface area contributed by atoms with Crippen LogP contribution in [0.15, 0.2) is 109 Å². The number of hydrogen-bond donors (Lipinski definition) is 1. The minimum atomic E-state index is -0.779. The topological polar surface area (TPSA) is 58.6 Å². The van der Waals surface area contributed by atoms with Gasteiger partial charge in [0.1, 0.15) is 11.8 Å². The number of amides is 2. The predicted molar refractivity (Wildman–Crippen MR) is 151 cm³/mol. The lowest BCUT2D eigenvalue weighted by atomic mass is 10.0.